The molecule has 0 heterocycles. The maximum atomic E-state index is 10.1. The lowest BCUT2D eigenvalue weighted by molar-refractivity contribution is -0.137. The average Bonchev–Trinajstić information content (AvgIpc) is 2.00. The van der Waals surface area contributed by atoms with Gasteiger partial charge in [-0.1, -0.05) is 0 Å². The van der Waals surface area contributed by atoms with Crippen LogP contribution in [0.4, 0.5) is 0 Å². The van der Waals surface area contributed by atoms with Crippen molar-refractivity contribution in [2.45, 2.75) is 45.3 Å². The fourth-order valence-corrected chi connectivity index (χ4v) is 0.821. The summed E-state index contributed by atoms with van der Waals surface area (Å²) in [6, 6.07) is 0. The summed E-state index contributed by atoms with van der Waals surface area (Å²) in [4.78, 5) is 10.1. The number of aliphatic hydroxyl groups is 1. The first-order chi connectivity index (χ1) is 6.42. The van der Waals surface area contributed by atoms with Crippen LogP contribution in [0.3, 0.4) is 0 Å². The summed E-state index contributed by atoms with van der Waals surface area (Å²) in [6.45, 7) is 3.09. The second-order valence-electron chi connectivity index (χ2n) is 3.58. The summed E-state index contributed by atoms with van der Waals surface area (Å²) in [5.41, 5.74) is 0. The van der Waals surface area contributed by atoms with Crippen molar-refractivity contribution >= 4 is 5.97 Å². The Balaban J connectivity index is 3.32. The summed E-state index contributed by atoms with van der Waals surface area (Å²) in [5.74, 6) is -1.90. The van der Waals surface area contributed by atoms with Gasteiger partial charge in [0.1, 0.15) is 0 Å². The van der Waals surface area contributed by atoms with E-state index >= 15 is 0 Å². The highest BCUT2D eigenvalue weighted by atomic mass is 16.6. The van der Waals surface area contributed by atoms with Crippen molar-refractivity contribution in [2.24, 2.45) is 0 Å². The van der Waals surface area contributed by atoms with Crippen LogP contribution in [-0.2, 0) is 9.53 Å². The first-order valence-electron chi connectivity index (χ1n) is 4.69. The highest BCUT2D eigenvalue weighted by Crippen LogP contribution is 2.05. The molecule has 0 spiro atoms. The average molecular weight is 202 g/mol. The first-order valence-corrected chi connectivity index (χ1v) is 4.69. The maximum absolute atomic E-state index is 10.1. The lowest BCUT2D eigenvalue weighted by Gasteiger charge is -2.15. The molecule has 0 bridgehead atoms. The Morgan fingerprint density at radius 2 is 2.07 bits per heavy atom. The van der Waals surface area contributed by atoms with Crippen LogP contribution in [0, 0.1) is 0 Å². The molecule has 2 N–H and O–H groups in total. The van der Waals surface area contributed by atoms with Gasteiger partial charge in [0.25, 0.3) is 0 Å². The number of allylic oxidation sites excluding steroid dienone is 1. The van der Waals surface area contributed by atoms with Crippen LogP contribution in [0.5, 0.6) is 0 Å². The standard InChI is InChI=1S/C10H18O4/c1-10(2,13)14-8-6-4-3-5-7-9(11)12/h6,8,13H,3-5,7H2,1-2H3,(H,11,12). The molecule has 4 nitrogen and oxygen atoms in total. The summed E-state index contributed by atoms with van der Waals surface area (Å²) >= 11 is 0. The molecule has 0 saturated carbocycles. The van der Waals surface area contributed by atoms with E-state index in [1.165, 1.54) is 6.26 Å². The van der Waals surface area contributed by atoms with Crippen LogP contribution in [0.25, 0.3) is 0 Å². The predicted octanol–water partition coefficient (Wildman–Crippen LogP) is 1.89. The minimum Gasteiger partial charge on any atom is -0.481 e. The van der Waals surface area contributed by atoms with Gasteiger partial charge < -0.3 is 14.9 Å². The second-order valence-corrected chi connectivity index (χ2v) is 3.58. The minimum atomic E-state index is -1.14. The molecular formula is C10H18O4. The molecule has 0 unspecified atom stereocenters. The van der Waals surface area contributed by atoms with E-state index in [4.69, 9.17) is 14.9 Å². The van der Waals surface area contributed by atoms with Crippen LogP contribution in [0.1, 0.15) is 39.5 Å². The fourth-order valence-electron chi connectivity index (χ4n) is 0.821. The zero-order valence-electron chi connectivity index (χ0n) is 8.69. The predicted molar refractivity (Wildman–Crippen MR) is 52.6 cm³/mol. The van der Waals surface area contributed by atoms with E-state index in [0.717, 1.165) is 12.8 Å². The quantitative estimate of drug-likeness (QED) is 0.376. The molecule has 14 heavy (non-hydrogen) atoms. The third-order valence-corrected chi connectivity index (χ3v) is 1.46. The Labute approximate surface area is 84.2 Å². The molecule has 0 atom stereocenters. The molecular weight excluding hydrogens is 184 g/mol. The van der Waals surface area contributed by atoms with Gasteiger partial charge in [-0.2, -0.15) is 0 Å². The van der Waals surface area contributed by atoms with Crippen molar-refractivity contribution in [1.82, 2.24) is 0 Å². The van der Waals surface area contributed by atoms with Gasteiger partial charge in [-0.25, -0.2) is 0 Å². The Morgan fingerprint density at radius 1 is 1.43 bits per heavy atom. The van der Waals surface area contributed by atoms with E-state index in [1.54, 1.807) is 19.9 Å². The monoisotopic (exact) mass is 202 g/mol. The fraction of sp³-hybridized carbons (Fsp3) is 0.700. The number of aliphatic carboxylic acids is 1. The van der Waals surface area contributed by atoms with Gasteiger partial charge in [0.2, 0.25) is 5.79 Å². The van der Waals surface area contributed by atoms with Crippen molar-refractivity contribution in [2.75, 3.05) is 0 Å². The third-order valence-electron chi connectivity index (χ3n) is 1.46. The van der Waals surface area contributed by atoms with E-state index in [1.807, 2.05) is 0 Å². The molecule has 0 radical (unpaired) electrons. The number of hydrogen-bond donors (Lipinski definition) is 2. The molecule has 0 aromatic heterocycles. The molecule has 0 aromatic carbocycles. The number of rotatable bonds is 7. The van der Waals surface area contributed by atoms with Gasteiger partial charge in [0.15, 0.2) is 0 Å². The normalized spacial score (nSPS) is 11.9. The van der Waals surface area contributed by atoms with E-state index in [0.29, 0.717) is 6.42 Å². The van der Waals surface area contributed by atoms with Crippen molar-refractivity contribution < 1.29 is 19.7 Å². The molecule has 0 fully saturated rings. The van der Waals surface area contributed by atoms with Gasteiger partial charge in [-0.15, -0.1) is 0 Å². The van der Waals surface area contributed by atoms with E-state index < -0.39 is 11.8 Å². The SMILES string of the molecule is CC(C)(O)OC=CCCCCC(=O)O. The lowest BCUT2D eigenvalue weighted by atomic mass is 10.2. The van der Waals surface area contributed by atoms with Crippen LogP contribution in [-0.4, -0.2) is 22.0 Å². The van der Waals surface area contributed by atoms with Crippen LogP contribution < -0.4 is 0 Å². The van der Waals surface area contributed by atoms with Crippen LogP contribution >= 0.6 is 0 Å². The molecule has 0 aliphatic heterocycles. The van der Waals surface area contributed by atoms with Crippen LogP contribution in [0.15, 0.2) is 12.3 Å². The van der Waals surface area contributed by atoms with E-state index in [-0.39, 0.29) is 6.42 Å². The molecule has 0 aromatic rings. The van der Waals surface area contributed by atoms with Gasteiger partial charge in [0, 0.05) is 20.3 Å². The third kappa shape index (κ3) is 11.0. The highest BCUT2D eigenvalue weighted by molar-refractivity contribution is 5.66. The van der Waals surface area contributed by atoms with Gasteiger partial charge in [-0.05, 0) is 25.3 Å². The van der Waals surface area contributed by atoms with Gasteiger partial charge >= 0.3 is 5.97 Å². The molecule has 82 valence electrons. The molecule has 0 aliphatic rings. The number of carboxylic acid groups (broad SMARTS) is 1. The Hall–Kier alpha value is -1.03. The zero-order chi connectivity index (χ0) is 11.0. The number of carboxylic acids is 1. The largest absolute Gasteiger partial charge is 0.481 e. The minimum absolute atomic E-state index is 0.209. The van der Waals surface area contributed by atoms with E-state index in [2.05, 4.69) is 0 Å². The molecule has 0 amide bonds. The number of ether oxygens (including phenoxy) is 1. The summed E-state index contributed by atoms with van der Waals surface area (Å²) in [6.07, 6.45) is 5.68. The maximum Gasteiger partial charge on any atom is 0.303 e. The van der Waals surface area contributed by atoms with Crippen molar-refractivity contribution in [3.05, 3.63) is 12.3 Å². The highest BCUT2D eigenvalue weighted by Gasteiger charge is 2.09. The van der Waals surface area contributed by atoms with Crippen molar-refractivity contribution in [1.29, 1.82) is 0 Å². The van der Waals surface area contributed by atoms with E-state index in [9.17, 15) is 4.79 Å². The lowest BCUT2D eigenvalue weighted by Crippen LogP contribution is -2.19. The van der Waals surface area contributed by atoms with Crippen LogP contribution in [0.2, 0.25) is 0 Å². The smallest absolute Gasteiger partial charge is 0.303 e. The van der Waals surface area contributed by atoms with Crippen molar-refractivity contribution in [3.8, 4) is 0 Å². The summed E-state index contributed by atoms with van der Waals surface area (Å²) in [7, 11) is 0. The van der Waals surface area contributed by atoms with Gasteiger partial charge in [0.05, 0.1) is 6.26 Å². The molecule has 0 rings (SSSR count). The van der Waals surface area contributed by atoms with Gasteiger partial charge in [-0.3, -0.25) is 4.79 Å². The topological polar surface area (TPSA) is 66.8 Å². The van der Waals surface area contributed by atoms with Crippen molar-refractivity contribution in [3.63, 3.8) is 0 Å². The second kappa shape index (κ2) is 6.43. The summed E-state index contributed by atoms with van der Waals surface area (Å²) in [5, 5.41) is 17.5. The Morgan fingerprint density at radius 3 is 2.57 bits per heavy atom. The molecule has 0 aliphatic carbocycles. The first kappa shape index (κ1) is 13.0. The number of carbonyl (C=O) groups is 1. The summed E-state index contributed by atoms with van der Waals surface area (Å²) < 4.78 is 4.92. The molecule has 0 saturated heterocycles. The number of unbranched alkanes of at least 4 members (excludes halogenated alkanes) is 2. The number of hydrogen-bond acceptors (Lipinski definition) is 3. The molecule has 4 heteroatoms. The Kier molecular flexibility index (Phi) is 5.95. The Bertz CT molecular complexity index is 191. The zero-order valence-corrected chi connectivity index (χ0v) is 8.69.